The fourth-order valence-electron chi connectivity index (χ4n) is 5.53. The summed E-state index contributed by atoms with van der Waals surface area (Å²) in [5.74, 6) is 4.44. The van der Waals surface area contributed by atoms with Crippen molar-refractivity contribution in [2.45, 2.75) is 65.5 Å². The van der Waals surface area contributed by atoms with E-state index in [0.717, 1.165) is 35.6 Å². The minimum absolute atomic E-state index is 0.392. The fourth-order valence-corrected chi connectivity index (χ4v) is 5.53. The van der Waals surface area contributed by atoms with E-state index >= 15 is 0 Å². The first kappa shape index (κ1) is 14.8. The number of hydrogen-bond acceptors (Lipinski definition) is 2. The molecule has 0 bridgehead atoms. The number of nitrogens with one attached hydrogen (secondary N) is 1. The summed E-state index contributed by atoms with van der Waals surface area (Å²) in [7, 11) is 0. The van der Waals surface area contributed by atoms with Gasteiger partial charge in [-0.15, -0.1) is 0 Å². The molecule has 2 heteroatoms. The van der Waals surface area contributed by atoms with Crippen molar-refractivity contribution in [2.75, 3.05) is 19.6 Å². The molecule has 0 spiro atoms. The van der Waals surface area contributed by atoms with Crippen LogP contribution in [0, 0.1) is 29.6 Å². The van der Waals surface area contributed by atoms with Gasteiger partial charge in [0, 0.05) is 24.7 Å². The van der Waals surface area contributed by atoms with Crippen molar-refractivity contribution in [1.82, 2.24) is 10.2 Å². The van der Waals surface area contributed by atoms with Gasteiger partial charge in [0.15, 0.2) is 0 Å². The molecule has 0 aromatic rings. The SMILES string of the molecule is CC1CCC(C(C)C)C(N2CC3CNCC3C2(C)C)C1. The molecular weight excluding hydrogens is 244 g/mol. The van der Waals surface area contributed by atoms with Crippen LogP contribution in [0.5, 0.6) is 0 Å². The Hall–Kier alpha value is -0.0800. The van der Waals surface area contributed by atoms with Crippen LogP contribution in [0.3, 0.4) is 0 Å². The van der Waals surface area contributed by atoms with E-state index in [1.807, 2.05) is 0 Å². The van der Waals surface area contributed by atoms with Crippen molar-refractivity contribution in [2.24, 2.45) is 29.6 Å². The lowest BCUT2D eigenvalue weighted by Crippen LogP contribution is -2.54. The Labute approximate surface area is 125 Å². The molecule has 116 valence electrons. The van der Waals surface area contributed by atoms with Crippen LogP contribution >= 0.6 is 0 Å². The predicted octanol–water partition coefficient (Wildman–Crippen LogP) is 3.38. The molecular formula is C18H34N2. The molecule has 1 saturated carbocycles. The summed E-state index contributed by atoms with van der Waals surface area (Å²) in [6, 6.07) is 0.833. The van der Waals surface area contributed by atoms with Crippen molar-refractivity contribution in [1.29, 1.82) is 0 Å². The molecule has 0 amide bonds. The standard InChI is InChI=1S/C18H34N2/c1-12(2)15-7-6-13(3)8-17(15)20-11-14-9-19-10-16(14)18(20,4)5/h12-17,19H,6-11H2,1-5H3. The third-order valence-corrected chi connectivity index (χ3v) is 6.81. The van der Waals surface area contributed by atoms with Gasteiger partial charge in [0.25, 0.3) is 0 Å². The predicted molar refractivity (Wildman–Crippen MR) is 85.8 cm³/mol. The summed E-state index contributed by atoms with van der Waals surface area (Å²) in [5.41, 5.74) is 0.392. The average molecular weight is 278 g/mol. The van der Waals surface area contributed by atoms with Gasteiger partial charge in [0.2, 0.25) is 0 Å². The van der Waals surface area contributed by atoms with Gasteiger partial charge >= 0.3 is 0 Å². The van der Waals surface area contributed by atoms with Crippen LogP contribution in [0.4, 0.5) is 0 Å². The molecule has 5 unspecified atom stereocenters. The zero-order chi connectivity index (χ0) is 14.5. The number of rotatable bonds is 2. The number of fused-ring (bicyclic) bond motifs is 1. The lowest BCUT2D eigenvalue weighted by molar-refractivity contribution is 0.00736. The Morgan fingerprint density at radius 3 is 2.55 bits per heavy atom. The van der Waals surface area contributed by atoms with E-state index in [4.69, 9.17) is 0 Å². The highest BCUT2D eigenvalue weighted by molar-refractivity contribution is 5.07. The van der Waals surface area contributed by atoms with Crippen molar-refractivity contribution in [3.8, 4) is 0 Å². The van der Waals surface area contributed by atoms with Crippen LogP contribution in [0.25, 0.3) is 0 Å². The Kier molecular flexibility index (Phi) is 3.92. The van der Waals surface area contributed by atoms with Gasteiger partial charge in [-0.05, 0) is 62.8 Å². The van der Waals surface area contributed by atoms with Gasteiger partial charge in [0.1, 0.15) is 0 Å². The molecule has 1 aliphatic carbocycles. The third-order valence-electron chi connectivity index (χ3n) is 6.81. The molecule has 2 aliphatic heterocycles. The van der Waals surface area contributed by atoms with Crippen molar-refractivity contribution >= 4 is 0 Å². The first-order chi connectivity index (χ1) is 9.41. The maximum absolute atomic E-state index is 3.62. The monoisotopic (exact) mass is 278 g/mol. The van der Waals surface area contributed by atoms with Crippen LogP contribution in [-0.4, -0.2) is 36.1 Å². The molecule has 5 atom stereocenters. The summed E-state index contributed by atoms with van der Waals surface area (Å²) < 4.78 is 0. The molecule has 0 radical (unpaired) electrons. The largest absolute Gasteiger partial charge is 0.316 e. The number of nitrogens with zero attached hydrogens (tertiary/aromatic N) is 1. The Bertz CT molecular complexity index is 349. The lowest BCUT2D eigenvalue weighted by Gasteiger charge is -2.48. The van der Waals surface area contributed by atoms with E-state index in [9.17, 15) is 0 Å². The molecule has 0 aromatic heterocycles. The minimum atomic E-state index is 0.392. The molecule has 2 saturated heterocycles. The topological polar surface area (TPSA) is 15.3 Å². The summed E-state index contributed by atoms with van der Waals surface area (Å²) in [5, 5.41) is 3.62. The number of hydrogen-bond donors (Lipinski definition) is 1. The smallest absolute Gasteiger partial charge is 0.0200 e. The van der Waals surface area contributed by atoms with Gasteiger partial charge in [-0.2, -0.15) is 0 Å². The van der Waals surface area contributed by atoms with E-state index < -0.39 is 0 Å². The molecule has 3 rings (SSSR count). The minimum Gasteiger partial charge on any atom is -0.316 e. The third kappa shape index (κ3) is 2.33. The highest BCUT2D eigenvalue weighted by Crippen LogP contribution is 2.47. The summed E-state index contributed by atoms with van der Waals surface area (Å²) in [4.78, 5) is 2.93. The zero-order valence-electron chi connectivity index (χ0n) is 14.2. The van der Waals surface area contributed by atoms with E-state index in [-0.39, 0.29) is 0 Å². The highest BCUT2D eigenvalue weighted by atomic mass is 15.3. The summed E-state index contributed by atoms with van der Waals surface area (Å²) in [6.45, 7) is 16.2. The van der Waals surface area contributed by atoms with Crippen LogP contribution in [0.2, 0.25) is 0 Å². The van der Waals surface area contributed by atoms with E-state index in [0.29, 0.717) is 5.54 Å². The van der Waals surface area contributed by atoms with Gasteiger partial charge in [-0.1, -0.05) is 27.2 Å². The van der Waals surface area contributed by atoms with Crippen molar-refractivity contribution in [3.63, 3.8) is 0 Å². The summed E-state index contributed by atoms with van der Waals surface area (Å²) in [6.07, 6.45) is 4.32. The van der Waals surface area contributed by atoms with Gasteiger partial charge < -0.3 is 5.32 Å². The maximum atomic E-state index is 3.62. The molecule has 3 fully saturated rings. The highest BCUT2D eigenvalue weighted by Gasteiger charge is 2.53. The van der Waals surface area contributed by atoms with Gasteiger partial charge in [-0.25, -0.2) is 0 Å². The van der Waals surface area contributed by atoms with Crippen LogP contribution in [-0.2, 0) is 0 Å². The quantitative estimate of drug-likeness (QED) is 0.833. The van der Waals surface area contributed by atoms with E-state index in [1.54, 1.807) is 0 Å². The average Bonchev–Trinajstić information content (AvgIpc) is 2.91. The second kappa shape index (κ2) is 5.28. The lowest BCUT2D eigenvalue weighted by atomic mass is 9.72. The molecule has 20 heavy (non-hydrogen) atoms. The molecule has 3 aliphatic rings. The second-order valence-corrected chi connectivity index (χ2v) is 8.72. The first-order valence-corrected chi connectivity index (χ1v) is 8.88. The molecule has 2 heterocycles. The second-order valence-electron chi connectivity index (χ2n) is 8.72. The molecule has 0 aromatic carbocycles. The molecule has 2 nitrogen and oxygen atoms in total. The number of likely N-dealkylation sites (tertiary alicyclic amines) is 1. The Balaban J connectivity index is 1.82. The zero-order valence-corrected chi connectivity index (χ0v) is 14.2. The normalized spacial score (nSPS) is 45.0. The van der Waals surface area contributed by atoms with Gasteiger partial charge in [0.05, 0.1) is 0 Å². The van der Waals surface area contributed by atoms with Crippen LogP contribution in [0.1, 0.15) is 53.9 Å². The maximum Gasteiger partial charge on any atom is 0.0200 e. The first-order valence-electron chi connectivity index (χ1n) is 8.88. The molecule has 1 N–H and O–H groups in total. The van der Waals surface area contributed by atoms with E-state index in [2.05, 4.69) is 44.8 Å². The summed E-state index contributed by atoms with van der Waals surface area (Å²) >= 11 is 0. The van der Waals surface area contributed by atoms with E-state index in [1.165, 1.54) is 38.9 Å². The van der Waals surface area contributed by atoms with Crippen LogP contribution < -0.4 is 5.32 Å². The van der Waals surface area contributed by atoms with Crippen molar-refractivity contribution in [3.05, 3.63) is 0 Å². The Morgan fingerprint density at radius 2 is 1.90 bits per heavy atom. The fraction of sp³-hybridized carbons (Fsp3) is 1.00. The van der Waals surface area contributed by atoms with Crippen molar-refractivity contribution < 1.29 is 0 Å². The van der Waals surface area contributed by atoms with Crippen LogP contribution in [0.15, 0.2) is 0 Å². The Morgan fingerprint density at radius 1 is 1.15 bits per heavy atom. The van der Waals surface area contributed by atoms with Gasteiger partial charge in [-0.3, -0.25) is 4.90 Å².